The summed E-state index contributed by atoms with van der Waals surface area (Å²) in [6.07, 6.45) is 1.31. The van der Waals surface area contributed by atoms with Gasteiger partial charge in [0, 0.05) is 29.9 Å². The van der Waals surface area contributed by atoms with Crippen LogP contribution < -0.4 is 10.2 Å². The van der Waals surface area contributed by atoms with Crippen molar-refractivity contribution < 1.29 is 9.59 Å². The second-order valence-electron chi connectivity index (χ2n) is 5.71. The Morgan fingerprint density at radius 1 is 1.00 bits per heavy atom. The number of nitrogens with zero attached hydrogens (tertiary/aromatic N) is 1. The minimum absolute atomic E-state index is 0.00771. The summed E-state index contributed by atoms with van der Waals surface area (Å²) in [5.74, 6) is -0.0510. The molecule has 24 heavy (non-hydrogen) atoms. The van der Waals surface area contributed by atoms with Gasteiger partial charge in [0.1, 0.15) is 0 Å². The van der Waals surface area contributed by atoms with E-state index in [1.807, 2.05) is 45.0 Å². The van der Waals surface area contributed by atoms with Gasteiger partial charge in [0.15, 0.2) is 0 Å². The monoisotopic (exact) mass is 324 g/mol. The van der Waals surface area contributed by atoms with Gasteiger partial charge in [-0.3, -0.25) is 9.59 Å². The number of para-hydroxylation sites is 1. The zero-order chi connectivity index (χ0) is 17.5. The molecule has 126 valence electrons. The largest absolute Gasteiger partial charge is 0.326 e. The number of benzene rings is 2. The minimum atomic E-state index is -0.0433. The van der Waals surface area contributed by atoms with Crippen molar-refractivity contribution in [3.05, 3.63) is 59.7 Å². The smallest absolute Gasteiger partial charge is 0.258 e. The zero-order valence-electron chi connectivity index (χ0n) is 14.5. The molecule has 0 aromatic heterocycles. The van der Waals surface area contributed by atoms with Gasteiger partial charge in [-0.15, -0.1) is 0 Å². The van der Waals surface area contributed by atoms with Gasteiger partial charge in [0.05, 0.1) is 0 Å². The summed E-state index contributed by atoms with van der Waals surface area (Å²) < 4.78 is 0. The highest BCUT2D eigenvalue weighted by Gasteiger charge is 2.17. The van der Waals surface area contributed by atoms with E-state index in [4.69, 9.17) is 0 Å². The summed E-state index contributed by atoms with van der Waals surface area (Å²) in [6, 6.07) is 14.9. The van der Waals surface area contributed by atoms with Crippen LogP contribution in [0.4, 0.5) is 11.4 Å². The maximum atomic E-state index is 12.8. The van der Waals surface area contributed by atoms with Crippen molar-refractivity contribution in [3.8, 4) is 0 Å². The first kappa shape index (κ1) is 17.7. The van der Waals surface area contributed by atoms with Crippen LogP contribution in [0.2, 0.25) is 0 Å². The number of rotatable bonds is 6. The van der Waals surface area contributed by atoms with Crippen LogP contribution in [0, 0.1) is 6.92 Å². The molecule has 2 amide bonds. The second-order valence-corrected chi connectivity index (χ2v) is 5.71. The highest BCUT2D eigenvalue weighted by atomic mass is 16.2. The van der Waals surface area contributed by atoms with Gasteiger partial charge < -0.3 is 10.2 Å². The van der Waals surface area contributed by atoms with E-state index in [9.17, 15) is 9.59 Å². The van der Waals surface area contributed by atoms with Crippen LogP contribution in [-0.2, 0) is 4.79 Å². The first-order valence-electron chi connectivity index (χ1n) is 8.34. The first-order valence-corrected chi connectivity index (χ1v) is 8.34. The molecule has 0 heterocycles. The highest BCUT2D eigenvalue weighted by molar-refractivity contribution is 6.06. The molecule has 0 aliphatic rings. The van der Waals surface area contributed by atoms with Crippen molar-refractivity contribution >= 4 is 23.2 Å². The van der Waals surface area contributed by atoms with Gasteiger partial charge in [-0.2, -0.15) is 0 Å². The number of nitrogens with one attached hydrogen (secondary N) is 1. The Labute approximate surface area is 143 Å². The number of hydrogen-bond donors (Lipinski definition) is 1. The van der Waals surface area contributed by atoms with Crippen molar-refractivity contribution in [3.63, 3.8) is 0 Å². The van der Waals surface area contributed by atoms with Gasteiger partial charge in [-0.1, -0.05) is 25.1 Å². The molecule has 0 unspecified atom stereocenters. The quantitative estimate of drug-likeness (QED) is 0.856. The summed E-state index contributed by atoms with van der Waals surface area (Å²) in [5, 5.41) is 2.83. The van der Waals surface area contributed by atoms with Crippen molar-refractivity contribution in [1.29, 1.82) is 0 Å². The molecule has 0 atom stereocenters. The standard InChI is InChI=1S/C20H24N2O2/c1-4-8-19(23)21-17-13-11-16(12-14-17)20(24)22(5-2)18-10-7-6-9-15(18)3/h6-7,9-14H,4-5,8H2,1-3H3,(H,21,23). The lowest BCUT2D eigenvalue weighted by atomic mass is 10.1. The Bertz CT molecular complexity index is 708. The van der Waals surface area contributed by atoms with E-state index in [-0.39, 0.29) is 11.8 Å². The lowest BCUT2D eigenvalue weighted by Gasteiger charge is -2.23. The molecule has 1 N–H and O–H groups in total. The lowest BCUT2D eigenvalue weighted by molar-refractivity contribution is -0.116. The van der Waals surface area contributed by atoms with Gasteiger partial charge in [0.25, 0.3) is 5.91 Å². The molecule has 4 heteroatoms. The van der Waals surface area contributed by atoms with E-state index >= 15 is 0 Å². The predicted molar refractivity (Wildman–Crippen MR) is 98.5 cm³/mol. The molecule has 0 spiro atoms. The van der Waals surface area contributed by atoms with Crippen LogP contribution in [0.15, 0.2) is 48.5 Å². The fraction of sp³-hybridized carbons (Fsp3) is 0.300. The fourth-order valence-corrected chi connectivity index (χ4v) is 2.59. The summed E-state index contributed by atoms with van der Waals surface area (Å²) in [4.78, 5) is 26.2. The number of hydrogen-bond acceptors (Lipinski definition) is 2. The molecule has 0 radical (unpaired) electrons. The highest BCUT2D eigenvalue weighted by Crippen LogP contribution is 2.22. The van der Waals surface area contributed by atoms with Crippen LogP contribution in [0.3, 0.4) is 0 Å². The summed E-state index contributed by atoms with van der Waals surface area (Å²) in [7, 11) is 0. The Morgan fingerprint density at radius 2 is 1.67 bits per heavy atom. The fourth-order valence-electron chi connectivity index (χ4n) is 2.59. The molecule has 0 aliphatic carbocycles. The van der Waals surface area contributed by atoms with Crippen LogP contribution >= 0.6 is 0 Å². The van der Waals surface area contributed by atoms with Gasteiger partial charge in [-0.25, -0.2) is 0 Å². The maximum Gasteiger partial charge on any atom is 0.258 e. The van der Waals surface area contributed by atoms with E-state index in [0.29, 0.717) is 24.2 Å². The van der Waals surface area contributed by atoms with Crippen LogP contribution in [0.5, 0.6) is 0 Å². The Morgan fingerprint density at radius 3 is 2.25 bits per heavy atom. The van der Waals surface area contributed by atoms with Crippen LogP contribution in [-0.4, -0.2) is 18.4 Å². The molecule has 0 saturated heterocycles. The average molecular weight is 324 g/mol. The average Bonchev–Trinajstić information content (AvgIpc) is 2.58. The molecule has 2 aromatic rings. The van der Waals surface area contributed by atoms with Gasteiger partial charge in [0.2, 0.25) is 5.91 Å². The molecule has 0 fully saturated rings. The van der Waals surface area contributed by atoms with E-state index in [0.717, 1.165) is 17.7 Å². The molecule has 2 aromatic carbocycles. The third-order valence-electron chi connectivity index (χ3n) is 3.86. The lowest BCUT2D eigenvalue weighted by Crippen LogP contribution is -2.31. The van der Waals surface area contributed by atoms with E-state index in [1.54, 1.807) is 29.2 Å². The van der Waals surface area contributed by atoms with Crippen molar-refractivity contribution in [2.45, 2.75) is 33.6 Å². The van der Waals surface area contributed by atoms with Gasteiger partial charge in [-0.05, 0) is 56.2 Å². The number of amides is 2. The maximum absolute atomic E-state index is 12.8. The normalized spacial score (nSPS) is 10.3. The first-order chi connectivity index (χ1) is 11.6. The number of anilines is 2. The second kappa shape index (κ2) is 8.29. The number of carbonyl (C=O) groups excluding carboxylic acids is 2. The summed E-state index contributed by atoms with van der Waals surface area (Å²) in [5.41, 5.74) is 3.30. The third kappa shape index (κ3) is 4.22. The third-order valence-corrected chi connectivity index (χ3v) is 3.86. The number of aryl methyl sites for hydroxylation is 1. The SMILES string of the molecule is CCCC(=O)Nc1ccc(C(=O)N(CC)c2ccccc2C)cc1. The molecular formula is C20H24N2O2. The van der Waals surface area contributed by atoms with Crippen molar-refractivity contribution in [1.82, 2.24) is 0 Å². The topological polar surface area (TPSA) is 49.4 Å². The Hall–Kier alpha value is -2.62. The van der Waals surface area contributed by atoms with Crippen LogP contribution in [0.1, 0.15) is 42.6 Å². The molecular weight excluding hydrogens is 300 g/mol. The minimum Gasteiger partial charge on any atom is -0.326 e. The van der Waals surface area contributed by atoms with E-state index in [2.05, 4.69) is 5.32 Å². The van der Waals surface area contributed by atoms with Crippen LogP contribution in [0.25, 0.3) is 0 Å². The summed E-state index contributed by atoms with van der Waals surface area (Å²) in [6.45, 7) is 6.52. The Balaban J connectivity index is 2.16. The molecule has 0 bridgehead atoms. The Kier molecular flexibility index (Phi) is 6.13. The van der Waals surface area contributed by atoms with E-state index < -0.39 is 0 Å². The molecule has 0 aliphatic heterocycles. The molecule has 0 saturated carbocycles. The van der Waals surface area contributed by atoms with Crippen molar-refractivity contribution in [2.24, 2.45) is 0 Å². The zero-order valence-corrected chi connectivity index (χ0v) is 14.5. The molecule has 2 rings (SSSR count). The number of carbonyl (C=O) groups is 2. The predicted octanol–water partition coefficient (Wildman–Crippen LogP) is 4.40. The molecule has 4 nitrogen and oxygen atoms in total. The summed E-state index contributed by atoms with van der Waals surface area (Å²) >= 11 is 0. The van der Waals surface area contributed by atoms with Gasteiger partial charge >= 0.3 is 0 Å². The van der Waals surface area contributed by atoms with E-state index in [1.165, 1.54) is 0 Å². The van der Waals surface area contributed by atoms with Crippen molar-refractivity contribution in [2.75, 3.05) is 16.8 Å².